The number of nitrogens with zero attached hydrogens (tertiary/aromatic N) is 4. The summed E-state index contributed by atoms with van der Waals surface area (Å²) in [6, 6.07) is 3.30. The third kappa shape index (κ3) is 2.20. The van der Waals surface area contributed by atoms with Gasteiger partial charge in [-0.2, -0.15) is 5.10 Å². The van der Waals surface area contributed by atoms with Crippen LogP contribution in [0, 0.1) is 10.1 Å². The molecule has 0 aliphatic carbocycles. The van der Waals surface area contributed by atoms with Gasteiger partial charge in [0.05, 0.1) is 16.5 Å². The molecular formula is C13H16N4O3. The SMILES string of the molecule is Cn1cc2cc([N+](=O)[O-])c(N3CCCC(O)C3)cc2n1. The number of anilines is 1. The standard InChI is InChI=1S/C13H16N4O3/c1-15-7-9-5-13(17(19)20)12(6-11(9)14-15)16-4-2-3-10(18)8-16/h5-7,10,18H,2-4,8H2,1H3. The Bertz CT molecular complexity index is 667. The Balaban J connectivity index is 2.11. The molecule has 1 saturated heterocycles. The summed E-state index contributed by atoms with van der Waals surface area (Å²) in [6.07, 6.45) is 2.91. The summed E-state index contributed by atoms with van der Waals surface area (Å²) in [6.45, 7) is 1.15. The van der Waals surface area contributed by atoms with Crippen molar-refractivity contribution in [3.8, 4) is 0 Å². The number of piperidine rings is 1. The highest BCUT2D eigenvalue weighted by Crippen LogP contribution is 2.34. The molecule has 0 radical (unpaired) electrons. The number of hydrogen-bond donors (Lipinski definition) is 1. The van der Waals surface area contributed by atoms with Crippen LogP contribution in [0.4, 0.5) is 11.4 Å². The molecule has 0 bridgehead atoms. The molecule has 3 rings (SSSR count). The average molecular weight is 276 g/mol. The summed E-state index contributed by atoms with van der Waals surface area (Å²) >= 11 is 0. The molecule has 20 heavy (non-hydrogen) atoms. The fraction of sp³-hybridized carbons (Fsp3) is 0.462. The number of aliphatic hydroxyl groups excluding tert-OH is 1. The van der Waals surface area contributed by atoms with Gasteiger partial charge in [0.2, 0.25) is 0 Å². The zero-order valence-corrected chi connectivity index (χ0v) is 11.2. The van der Waals surface area contributed by atoms with Gasteiger partial charge >= 0.3 is 0 Å². The Morgan fingerprint density at radius 1 is 1.50 bits per heavy atom. The number of rotatable bonds is 2. The smallest absolute Gasteiger partial charge is 0.293 e. The highest BCUT2D eigenvalue weighted by Gasteiger charge is 2.25. The van der Waals surface area contributed by atoms with Crippen LogP contribution >= 0.6 is 0 Å². The van der Waals surface area contributed by atoms with Crippen LogP contribution in [-0.2, 0) is 7.05 Å². The van der Waals surface area contributed by atoms with Crippen molar-refractivity contribution in [2.24, 2.45) is 7.05 Å². The fourth-order valence-corrected chi connectivity index (χ4v) is 2.75. The number of aromatic nitrogens is 2. The van der Waals surface area contributed by atoms with Crippen molar-refractivity contribution in [3.63, 3.8) is 0 Å². The molecule has 0 amide bonds. The molecule has 1 fully saturated rings. The van der Waals surface area contributed by atoms with Crippen LogP contribution in [0.2, 0.25) is 0 Å². The highest BCUT2D eigenvalue weighted by atomic mass is 16.6. The Labute approximate surface area is 115 Å². The first-order valence-electron chi connectivity index (χ1n) is 6.59. The monoisotopic (exact) mass is 276 g/mol. The molecule has 2 heterocycles. The summed E-state index contributed by atoms with van der Waals surface area (Å²) in [5, 5.41) is 26.1. The maximum absolute atomic E-state index is 11.3. The van der Waals surface area contributed by atoms with Crippen molar-refractivity contribution in [1.82, 2.24) is 9.78 Å². The summed E-state index contributed by atoms with van der Waals surface area (Å²) in [5.74, 6) is 0. The summed E-state index contributed by atoms with van der Waals surface area (Å²) in [4.78, 5) is 12.8. The molecule has 7 nitrogen and oxygen atoms in total. The largest absolute Gasteiger partial charge is 0.391 e. The van der Waals surface area contributed by atoms with Crippen molar-refractivity contribution >= 4 is 22.3 Å². The second-order valence-electron chi connectivity index (χ2n) is 5.20. The lowest BCUT2D eigenvalue weighted by Gasteiger charge is -2.31. The summed E-state index contributed by atoms with van der Waals surface area (Å²) in [5.41, 5.74) is 1.34. The van der Waals surface area contributed by atoms with E-state index in [0.717, 1.165) is 30.3 Å². The number of nitro benzene ring substituents is 1. The van der Waals surface area contributed by atoms with Crippen molar-refractivity contribution in [3.05, 3.63) is 28.4 Å². The van der Waals surface area contributed by atoms with Crippen molar-refractivity contribution in [1.29, 1.82) is 0 Å². The Kier molecular flexibility index (Phi) is 3.06. The van der Waals surface area contributed by atoms with Crippen LogP contribution < -0.4 is 4.90 Å². The predicted octanol–water partition coefficient (Wildman–Crippen LogP) is 1.44. The first kappa shape index (κ1) is 12.9. The number of aryl methyl sites for hydroxylation is 1. The molecule has 1 aromatic carbocycles. The molecule has 0 spiro atoms. The number of fused-ring (bicyclic) bond motifs is 1. The van der Waals surface area contributed by atoms with Crippen LogP contribution in [-0.4, -0.2) is 39.0 Å². The fourth-order valence-electron chi connectivity index (χ4n) is 2.75. The minimum absolute atomic E-state index is 0.0691. The van der Waals surface area contributed by atoms with Gasteiger partial charge < -0.3 is 10.0 Å². The first-order valence-corrected chi connectivity index (χ1v) is 6.59. The van der Waals surface area contributed by atoms with E-state index in [2.05, 4.69) is 5.10 Å². The van der Waals surface area contributed by atoms with E-state index in [1.54, 1.807) is 30.1 Å². The van der Waals surface area contributed by atoms with Crippen LogP contribution in [0.5, 0.6) is 0 Å². The minimum atomic E-state index is -0.428. The van der Waals surface area contributed by atoms with E-state index in [1.165, 1.54) is 0 Å². The van der Waals surface area contributed by atoms with Crippen LogP contribution in [0.1, 0.15) is 12.8 Å². The first-order chi connectivity index (χ1) is 9.54. The normalized spacial score (nSPS) is 19.5. The molecule has 1 unspecified atom stereocenters. The second-order valence-corrected chi connectivity index (χ2v) is 5.20. The van der Waals surface area contributed by atoms with Crippen LogP contribution in [0.25, 0.3) is 10.9 Å². The van der Waals surface area contributed by atoms with Crippen molar-refractivity contribution in [2.75, 3.05) is 18.0 Å². The number of hydrogen-bond acceptors (Lipinski definition) is 5. The topological polar surface area (TPSA) is 84.4 Å². The lowest BCUT2D eigenvalue weighted by molar-refractivity contribution is -0.384. The van der Waals surface area contributed by atoms with E-state index in [-0.39, 0.29) is 10.6 Å². The number of nitro groups is 1. The lowest BCUT2D eigenvalue weighted by Crippen LogP contribution is -2.38. The third-order valence-electron chi connectivity index (χ3n) is 3.65. The van der Waals surface area contributed by atoms with E-state index in [4.69, 9.17) is 0 Å². The van der Waals surface area contributed by atoms with Gasteiger partial charge in [0, 0.05) is 37.8 Å². The zero-order chi connectivity index (χ0) is 14.3. The molecule has 1 N–H and O–H groups in total. The average Bonchev–Trinajstić information content (AvgIpc) is 2.76. The quantitative estimate of drug-likeness (QED) is 0.662. The summed E-state index contributed by atoms with van der Waals surface area (Å²) in [7, 11) is 1.79. The van der Waals surface area contributed by atoms with E-state index >= 15 is 0 Å². The van der Waals surface area contributed by atoms with Gasteiger partial charge in [-0.15, -0.1) is 0 Å². The number of β-amino-alcohol motifs (C(OH)–C–C–N with tert-alkyl or cyclic N) is 1. The molecular weight excluding hydrogens is 260 g/mol. The molecule has 1 aliphatic rings. The van der Waals surface area contributed by atoms with Crippen molar-refractivity contribution in [2.45, 2.75) is 18.9 Å². The maximum Gasteiger partial charge on any atom is 0.293 e. The van der Waals surface area contributed by atoms with Gasteiger partial charge in [0.25, 0.3) is 5.69 Å². The predicted molar refractivity (Wildman–Crippen MR) is 74.8 cm³/mol. The van der Waals surface area contributed by atoms with Gasteiger partial charge in [-0.25, -0.2) is 0 Å². The molecule has 1 aliphatic heterocycles. The zero-order valence-electron chi connectivity index (χ0n) is 11.2. The minimum Gasteiger partial charge on any atom is -0.391 e. The molecule has 0 saturated carbocycles. The Hall–Kier alpha value is -2.15. The Morgan fingerprint density at radius 2 is 2.30 bits per heavy atom. The van der Waals surface area contributed by atoms with E-state index < -0.39 is 6.10 Å². The van der Waals surface area contributed by atoms with Gasteiger partial charge in [-0.1, -0.05) is 0 Å². The van der Waals surface area contributed by atoms with Gasteiger partial charge in [0.1, 0.15) is 5.69 Å². The molecule has 7 heteroatoms. The Morgan fingerprint density at radius 3 is 3.00 bits per heavy atom. The van der Waals surface area contributed by atoms with Crippen molar-refractivity contribution < 1.29 is 10.0 Å². The highest BCUT2D eigenvalue weighted by molar-refractivity contribution is 5.87. The van der Waals surface area contributed by atoms with E-state index in [0.29, 0.717) is 12.2 Å². The van der Waals surface area contributed by atoms with Gasteiger partial charge in [0.15, 0.2) is 0 Å². The molecule has 1 aromatic heterocycles. The van der Waals surface area contributed by atoms with Gasteiger partial charge in [-0.3, -0.25) is 14.8 Å². The maximum atomic E-state index is 11.3. The van der Waals surface area contributed by atoms with Gasteiger partial charge in [-0.05, 0) is 18.9 Å². The number of benzene rings is 1. The molecule has 1 atom stereocenters. The van der Waals surface area contributed by atoms with E-state index in [1.807, 2.05) is 4.90 Å². The lowest BCUT2D eigenvalue weighted by atomic mass is 10.1. The molecule has 2 aromatic rings. The third-order valence-corrected chi connectivity index (χ3v) is 3.65. The van der Waals surface area contributed by atoms with E-state index in [9.17, 15) is 15.2 Å². The second kappa shape index (κ2) is 4.75. The van der Waals surface area contributed by atoms with Crippen LogP contribution in [0.3, 0.4) is 0 Å². The summed E-state index contributed by atoms with van der Waals surface area (Å²) < 4.78 is 1.64. The van der Waals surface area contributed by atoms with Crippen LogP contribution in [0.15, 0.2) is 18.3 Å². The number of aliphatic hydroxyl groups is 1. The molecule has 106 valence electrons.